The van der Waals surface area contributed by atoms with Crippen molar-refractivity contribution < 1.29 is 8.42 Å². The van der Waals surface area contributed by atoms with Gasteiger partial charge in [0.15, 0.2) is 0 Å². The summed E-state index contributed by atoms with van der Waals surface area (Å²) >= 11 is 0. The standard InChI is InChI=1S/C17H13N3O2S/c1-12-3-2-4-14-9-15(11-19-17(12)14)20-23(21,22)16-7-5-13(10-18)6-8-16/h2-9,11,20H,1H3. The molecule has 0 atom stereocenters. The highest BCUT2D eigenvalue weighted by Crippen LogP contribution is 2.22. The van der Waals surface area contributed by atoms with Gasteiger partial charge >= 0.3 is 0 Å². The third-order valence-corrected chi connectivity index (χ3v) is 4.86. The van der Waals surface area contributed by atoms with E-state index >= 15 is 0 Å². The van der Waals surface area contributed by atoms with E-state index in [2.05, 4.69) is 9.71 Å². The number of sulfonamides is 1. The maximum absolute atomic E-state index is 12.4. The van der Waals surface area contributed by atoms with E-state index in [1.54, 1.807) is 6.07 Å². The summed E-state index contributed by atoms with van der Waals surface area (Å²) in [4.78, 5) is 4.41. The lowest BCUT2D eigenvalue weighted by Gasteiger charge is -2.09. The Balaban J connectivity index is 1.95. The molecule has 0 saturated carbocycles. The van der Waals surface area contributed by atoms with Gasteiger partial charge in [0.05, 0.1) is 33.9 Å². The van der Waals surface area contributed by atoms with Crippen LogP contribution in [0.3, 0.4) is 0 Å². The van der Waals surface area contributed by atoms with Crippen LogP contribution in [-0.2, 0) is 10.0 Å². The fourth-order valence-electron chi connectivity index (χ4n) is 2.29. The number of nitriles is 1. The number of hydrogen-bond acceptors (Lipinski definition) is 4. The van der Waals surface area contributed by atoms with Crippen LogP contribution in [0.15, 0.2) is 59.6 Å². The van der Waals surface area contributed by atoms with Crippen molar-refractivity contribution in [3.8, 4) is 6.07 Å². The van der Waals surface area contributed by atoms with Crippen molar-refractivity contribution in [1.82, 2.24) is 4.98 Å². The van der Waals surface area contributed by atoms with Gasteiger partial charge in [0.2, 0.25) is 0 Å². The summed E-state index contributed by atoms with van der Waals surface area (Å²) < 4.78 is 27.3. The third kappa shape index (κ3) is 3.00. The summed E-state index contributed by atoms with van der Waals surface area (Å²) in [6.07, 6.45) is 1.50. The Morgan fingerprint density at radius 2 is 1.87 bits per heavy atom. The zero-order chi connectivity index (χ0) is 16.4. The smallest absolute Gasteiger partial charge is 0.261 e. The van der Waals surface area contributed by atoms with Crippen molar-refractivity contribution in [2.45, 2.75) is 11.8 Å². The van der Waals surface area contributed by atoms with Crippen LogP contribution >= 0.6 is 0 Å². The molecule has 0 unspecified atom stereocenters. The first-order valence-electron chi connectivity index (χ1n) is 6.88. The highest BCUT2D eigenvalue weighted by Gasteiger charge is 2.14. The van der Waals surface area contributed by atoms with Crippen LogP contribution in [0.5, 0.6) is 0 Å². The molecule has 0 fully saturated rings. The lowest BCUT2D eigenvalue weighted by Crippen LogP contribution is -2.13. The van der Waals surface area contributed by atoms with E-state index in [4.69, 9.17) is 5.26 Å². The van der Waals surface area contributed by atoms with Crippen LogP contribution in [-0.4, -0.2) is 13.4 Å². The van der Waals surface area contributed by atoms with E-state index in [1.165, 1.54) is 30.5 Å². The van der Waals surface area contributed by atoms with Gasteiger partial charge in [0.25, 0.3) is 10.0 Å². The molecular formula is C17H13N3O2S. The number of aryl methyl sites for hydroxylation is 1. The van der Waals surface area contributed by atoms with Crippen LogP contribution in [0.25, 0.3) is 10.9 Å². The van der Waals surface area contributed by atoms with Gasteiger partial charge in [-0.25, -0.2) is 8.42 Å². The average Bonchev–Trinajstić information content (AvgIpc) is 2.54. The highest BCUT2D eigenvalue weighted by atomic mass is 32.2. The quantitative estimate of drug-likeness (QED) is 0.802. The number of nitrogens with one attached hydrogen (secondary N) is 1. The maximum Gasteiger partial charge on any atom is 0.261 e. The van der Waals surface area contributed by atoms with E-state index in [0.29, 0.717) is 11.3 Å². The van der Waals surface area contributed by atoms with E-state index in [1.807, 2.05) is 31.2 Å². The first kappa shape index (κ1) is 15.0. The largest absolute Gasteiger partial charge is 0.278 e. The molecule has 0 radical (unpaired) electrons. The third-order valence-electron chi connectivity index (χ3n) is 3.46. The number of pyridine rings is 1. The molecule has 0 amide bonds. The van der Waals surface area contributed by atoms with Crippen LogP contribution in [0, 0.1) is 18.3 Å². The highest BCUT2D eigenvalue weighted by molar-refractivity contribution is 7.92. The van der Waals surface area contributed by atoms with Crippen LogP contribution < -0.4 is 4.72 Å². The number of anilines is 1. The molecule has 0 aliphatic carbocycles. The SMILES string of the molecule is Cc1cccc2cc(NS(=O)(=O)c3ccc(C#N)cc3)cnc12. The zero-order valence-electron chi connectivity index (χ0n) is 12.3. The molecular weight excluding hydrogens is 310 g/mol. The monoisotopic (exact) mass is 323 g/mol. The second kappa shape index (κ2) is 5.71. The predicted octanol–water partition coefficient (Wildman–Crippen LogP) is 3.22. The fourth-order valence-corrected chi connectivity index (χ4v) is 3.33. The topological polar surface area (TPSA) is 82.9 Å². The van der Waals surface area contributed by atoms with Crippen molar-refractivity contribution >= 4 is 26.6 Å². The average molecular weight is 323 g/mol. The number of benzene rings is 2. The molecule has 3 rings (SSSR count). The van der Waals surface area contributed by atoms with Gasteiger partial charge in [-0.1, -0.05) is 18.2 Å². The molecule has 0 spiro atoms. The van der Waals surface area contributed by atoms with E-state index in [9.17, 15) is 8.42 Å². The summed E-state index contributed by atoms with van der Waals surface area (Å²) in [5.74, 6) is 0. The molecule has 1 heterocycles. The van der Waals surface area contributed by atoms with Crippen LogP contribution in [0.1, 0.15) is 11.1 Å². The molecule has 3 aromatic rings. The van der Waals surface area contributed by atoms with Gasteiger partial charge in [-0.3, -0.25) is 9.71 Å². The van der Waals surface area contributed by atoms with Gasteiger partial charge in [-0.05, 0) is 42.8 Å². The van der Waals surface area contributed by atoms with Crippen molar-refractivity contribution in [3.05, 3.63) is 65.9 Å². The number of nitrogens with zero attached hydrogens (tertiary/aromatic N) is 2. The molecule has 5 nitrogen and oxygen atoms in total. The molecule has 23 heavy (non-hydrogen) atoms. The van der Waals surface area contributed by atoms with Crippen molar-refractivity contribution in [3.63, 3.8) is 0 Å². The molecule has 0 aliphatic heterocycles. The molecule has 0 aliphatic rings. The second-order valence-electron chi connectivity index (χ2n) is 5.11. The molecule has 6 heteroatoms. The second-order valence-corrected chi connectivity index (χ2v) is 6.79. The lowest BCUT2D eigenvalue weighted by molar-refractivity contribution is 0.601. The molecule has 1 aromatic heterocycles. The van der Waals surface area contributed by atoms with Crippen LogP contribution in [0.4, 0.5) is 5.69 Å². The Hall–Kier alpha value is -2.91. The molecule has 1 N–H and O–H groups in total. The lowest BCUT2D eigenvalue weighted by atomic mass is 10.1. The van der Waals surface area contributed by atoms with E-state index in [-0.39, 0.29) is 4.90 Å². The number of aromatic nitrogens is 1. The summed E-state index contributed by atoms with van der Waals surface area (Å²) in [5.41, 5.74) is 2.68. The van der Waals surface area contributed by atoms with Gasteiger partial charge < -0.3 is 0 Å². The first-order valence-corrected chi connectivity index (χ1v) is 8.36. The van der Waals surface area contributed by atoms with E-state index < -0.39 is 10.0 Å². The zero-order valence-corrected chi connectivity index (χ0v) is 13.1. The summed E-state index contributed by atoms with van der Waals surface area (Å²) in [5, 5.41) is 9.63. The van der Waals surface area contributed by atoms with E-state index in [0.717, 1.165) is 16.5 Å². The number of hydrogen-bond donors (Lipinski definition) is 1. The summed E-state index contributed by atoms with van der Waals surface area (Å²) in [7, 11) is -3.72. The fraction of sp³-hybridized carbons (Fsp3) is 0.0588. The minimum atomic E-state index is -3.72. The number of rotatable bonds is 3. The Bertz CT molecular complexity index is 1020. The number of para-hydroxylation sites is 1. The Kier molecular flexibility index (Phi) is 3.72. The van der Waals surface area contributed by atoms with Crippen LogP contribution in [0.2, 0.25) is 0 Å². The van der Waals surface area contributed by atoms with Crippen molar-refractivity contribution in [2.75, 3.05) is 4.72 Å². The molecule has 114 valence electrons. The molecule has 0 bridgehead atoms. The van der Waals surface area contributed by atoms with Gasteiger partial charge in [0, 0.05) is 5.39 Å². The number of fused-ring (bicyclic) bond motifs is 1. The van der Waals surface area contributed by atoms with Gasteiger partial charge in [-0.15, -0.1) is 0 Å². The molecule has 0 saturated heterocycles. The van der Waals surface area contributed by atoms with Crippen molar-refractivity contribution in [2.24, 2.45) is 0 Å². The predicted molar refractivity (Wildman–Crippen MR) is 88.4 cm³/mol. The maximum atomic E-state index is 12.4. The minimum Gasteiger partial charge on any atom is -0.278 e. The van der Waals surface area contributed by atoms with Crippen molar-refractivity contribution in [1.29, 1.82) is 5.26 Å². The summed E-state index contributed by atoms with van der Waals surface area (Å²) in [6, 6.07) is 15.2. The Morgan fingerprint density at radius 3 is 2.57 bits per heavy atom. The summed E-state index contributed by atoms with van der Waals surface area (Å²) in [6.45, 7) is 1.95. The Labute approximate surface area is 134 Å². The first-order chi connectivity index (χ1) is 11.0. The van der Waals surface area contributed by atoms with Gasteiger partial charge in [0.1, 0.15) is 0 Å². The Morgan fingerprint density at radius 1 is 1.13 bits per heavy atom. The minimum absolute atomic E-state index is 0.0980. The normalized spacial score (nSPS) is 11.1. The van der Waals surface area contributed by atoms with Gasteiger partial charge in [-0.2, -0.15) is 5.26 Å². The molecule has 2 aromatic carbocycles.